The summed E-state index contributed by atoms with van der Waals surface area (Å²) in [5.41, 5.74) is 0. The molecular formula is C15H30N2S. The minimum Gasteiger partial charge on any atom is -0.313 e. The van der Waals surface area contributed by atoms with E-state index in [2.05, 4.69) is 35.8 Å². The fourth-order valence-corrected chi connectivity index (χ4v) is 4.76. The Hall–Kier alpha value is 0.270. The Labute approximate surface area is 117 Å². The molecule has 1 aliphatic heterocycles. The molecule has 106 valence electrons. The zero-order chi connectivity index (χ0) is 12.8. The fraction of sp³-hybridized carbons (Fsp3) is 1.00. The standard InChI is InChI=1S/C15H30N2S/c1-13-11-17(12-14(2)18-13)10-9-16-15-7-5-3-4-6-8-15/h13-16H,3-12H2,1-2H3. The lowest BCUT2D eigenvalue weighted by molar-refractivity contribution is 0.264. The van der Waals surface area contributed by atoms with Crippen molar-refractivity contribution in [3.63, 3.8) is 0 Å². The molecular weight excluding hydrogens is 240 g/mol. The van der Waals surface area contributed by atoms with Crippen molar-refractivity contribution in [1.29, 1.82) is 0 Å². The Kier molecular flexibility index (Phi) is 6.33. The summed E-state index contributed by atoms with van der Waals surface area (Å²) in [4.78, 5) is 2.65. The number of rotatable bonds is 4. The molecule has 1 saturated heterocycles. The summed E-state index contributed by atoms with van der Waals surface area (Å²) >= 11 is 2.15. The summed E-state index contributed by atoms with van der Waals surface area (Å²) < 4.78 is 0. The molecule has 0 aromatic carbocycles. The third-order valence-corrected chi connectivity index (χ3v) is 5.44. The topological polar surface area (TPSA) is 15.3 Å². The number of nitrogens with one attached hydrogen (secondary N) is 1. The highest BCUT2D eigenvalue weighted by Crippen LogP contribution is 2.24. The molecule has 1 saturated carbocycles. The van der Waals surface area contributed by atoms with E-state index in [1.54, 1.807) is 0 Å². The average Bonchev–Trinajstić information content (AvgIpc) is 2.56. The first-order valence-electron chi connectivity index (χ1n) is 7.85. The van der Waals surface area contributed by atoms with Crippen LogP contribution in [0.15, 0.2) is 0 Å². The van der Waals surface area contributed by atoms with Crippen LogP contribution in [-0.4, -0.2) is 47.6 Å². The third-order valence-electron chi connectivity index (χ3n) is 4.21. The quantitative estimate of drug-likeness (QED) is 0.790. The largest absolute Gasteiger partial charge is 0.313 e. The van der Waals surface area contributed by atoms with Gasteiger partial charge >= 0.3 is 0 Å². The first-order valence-corrected chi connectivity index (χ1v) is 8.79. The first kappa shape index (κ1) is 14.7. The van der Waals surface area contributed by atoms with E-state index in [4.69, 9.17) is 0 Å². The summed E-state index contributed by atoms with van der Waals surface area (Å²) in [6.07, 6.45) is 8.59. The minimum atomic E-state index is 0.807. The lowest BCUT2D eigenvalue weighted by atomic mass is 10.1. The van der Waals surface area contributed by atoms with Crippen molar-refractivity contribution in [2.75, 3.05) is 26.2 Å². The average molecular weight is 270 g/mol. The monoisotopic (exact) mass is 270 g/mol. The number of hydrogen-bond donors (Lipinski definition) is 1. The van der Waals surface area contributed by atoms with Crippen LogP contribution in [0.4, 0.5) is 0 Å². The van der Waals surface area contributed by atoms with Gasteiger partial charge in [0.15, 0.2) is 0 Å². The van der Waals surface area contributed by atoms with Crippen LogP contribution in [0.25, 0.3) is 0 Å². The van der Waals surface area contributed by atoms with Gasteiger partial charge in [0, 0.05) is 42.7 Å². The van der Waals surface area contributed by atoms with Gasteiger partial charge in [-0.3, -0.25) is 4.90 Å². The second-order valence-electron chi connectivity index (χ2n) is 6.16. The highest BCUT2D eigenvalue weighted by Gasteiger charge is 2.21. The Morgan fingerprint density at radius 3 is 2.22 bits per heavy atom. The van der Waals surface area contributed by atoms with Gasteiger partial charge in [0.2, 0.25) is 0 Å². The highest BCUT2D eigenvalue weighted by molar-refractivity contribution is 8.00. The van der Waals surface area contributed by atoms with Gasteiger partial charge < -0.3 is 5.32 Å². The van der Waals surface area contributed by atoms with Crippen molar-refractivity contribution in [1.82, 2.24) is 10.2 Å². The number of nitrogens with zero attached hydrogens (tertiary/aromatic N) is 1. The molecule has 1 heterocycles. The molecule has 2 rings (SSSR count). The van der Waals surface area contributed by atoms with E-state index in [1.807, 2.05) is 0 Å². The van der Waals surface area contributed by atoms with Crippen molar-refractivity contribution in [2.45, 2.75) is 68.9 Å². The van der Waals surface area contributed by atoms with Crippen LogP contribution in [0.1, 0.15) is 52.4 Å². The lowest BCUT2D eigenvalue weighted by Crippen LogP contribution is -2.44. The molecule has 2 aliphatic rings. The van der Waals surface area contributed by atoms with Gasteiger partial charge in [-0.1, -0.05) is 39.5 Å². The maximum absolute atomic E-state index is 3.79. The van der Waals surface area contributed by atoms with Crippen molar-refractivity contribution >= 4 is 11.8 Å². The number of thioether (sulfide) groups is 1. The smallest absolute Gasteiger partial charge is 0.0149 e. The van der Waals surface area contributed by atoms with Gasteiger partial charge in [0.25, 0.3) is 0 Å². The Bertz CT molecular complexity index is 217. The van der Waals surface area contributed by atoms with Gasteiger partial charge in [0.1, 0.15) is 0 Å². The SMILES string of the molecule is CC1CN(CCNC2CCCCCC2)CC(C)S1. The molecule has 0 aromatic heterocycles. The summed E-state index contributed by atoms with van der Waals surface area (Å²) in [7, 11) is 0. The Morgan fingerprint density at radius 2 is 1.61 bits per heavy atom. The van der Waals surface area contributed by atoms with E-state index in [9.17, 15) is 0 Å². The fourth-order valence-electron chi connectivity index (χ4n) is 3.38. The zero-order valence-electron chi connectivity index (χ0n) is 12.2. The molecule has 1 aliphatic carbocycles. The lowest BCUT2D eigenvalue weighted by Gasteiger charge is -2.34. The zero-order valence-corrected chi connectivity index (χ0v) is 13.0. The van der Waals surface area contributed by atoms with Gasteiger partial charge in [-0.05, 0) is 12.8 Å². The van der Waals surface area contributed by atoms with Gasteiger partial charge in [-0.2, -0.15) is 11.8 Å². The maximum Gasteiger partial charge on any atom is 0.0149 e. The van der Waals surface area contributed by atoms with E-state index in [1.165, 1.54) is 64.7 Å². The van der Waals surface area contributed by atoms with Gasteiger partial charge in [-0.15, -0.1) is 0 Å². The molecule has 18 heavy (non-hydrogen) atoms. The van der Waals surface area contributed by atoms with Crippen LogP contribution in [0, 0.1) is 0 Å². The molecule has 0 spiro atoms. The maximum atomic E-state index is 3.79. The minimum absolute atomic E-state index is 0.807. The van der Waals surface area contributed by atoms with Gasteiger partial charge in [-0.25, -0.2) is 0 Å². The van der Waals surface area contributed by atoms with E-state index in [0.29, 0.717) is 0 Å². The molecule has 0 aromatic rings. The normalized spacial score (nSPS) is 32.3. The van der Waals surface area contributed by atoms with Crippen molar-refractivity contribution in [3.8, 4) is 0 Å². The van der Waals surface area contributed by atoms with Crippen LogP contribution >= 0.6 is 11.8 Å². The summed E-state index contributed by atoms with van der Waals surface area (Å²) in [6, 6.07) is 0.807. The van der Waals surface area contributed by atoms with Crippen LogP contribution in [0.5, 0.6) is 0 Å². The molecule has 3 heteroatoms. The third kappa shape index (κ3) is 5.10. The second kappa shape index (κ2) is 7.76. The van der Waals surface area contributed by atoms with Gasteiger partial charge in [0.05, 0.1) is 0 Å². The first-order chi connectivity index (χ1) is 8.74. The number of hydrogen-bond acceptors (Lipinski definition) is 3. The molecule has 2 nitrogen and oxygen atoms in total. The van der Waals surface area contributed by atoms with E-state index in [-0.39, 0.29) is 0 Å². The van der Waals surface area contributed by atoms with E-state index < -0.39 is 0 Å². The Balaban J connectivity index is 1.62. The summed E-state index contributed by atoms with van der Waals surface area (Å²) in [6.45, 7) is 9.72. The molecule has 2 unspecified atom stereocenters. The molecule has 0 amide bonds. The summed E-state index contributed by atoms with van der Waals surface area (Å²) in [5, 5.41) is 5.41. The highest BCUT2D eigenvalue weighted by atomic mass is 32.2. The van der Waals surface area contributed by atoms with Crippen molar-refractivity contribution in [3.05, 3.63) is 0 Å². The Morgan fingerprint density at radius 1 is 1.00 bits per heavy atom. The molecule has 0 radical (unpaired) electrons. The van der Waals surface area contributed by atoms with Crippen LogP contribution in [-0.2, 0) is 0 Å². The molecule has 2 fully saturated rings. The predicted molar refractivity (Wildman–Crippen MR) is 82.4 cm³/mol. The van der Waals surface area contributed by atoms with E-state index >= 15 is 0 Å². The molecule has 0 bridgehead atoms. The second-order valence-corrected chi connectivity index (χ2v) is 8.04. The van der Waals surface area contributed by atoms with E-state index in [0.717, 1.165) is 16.5 Å². The molecule has 1 N–H and O–H groups in total. The predicted octanol–water partition coefficient (Wildman–Crippen LogP) is 3.12. The van der Waals surface area contributed by atoms with Crippen molar-refractivity contribution in [2.24, 2.45) is 0 Å². The summed E-state index contributed by atoms with van der Waals surface area (Å²) in [5.74, 6) is 0. The van der Waals surface area contributed by atoms with Crippen molar-refractivity contribution < 1.29 is 0 Å². The van der Waals surface area contributed by atoms with Crippen LogP contribution in [0.2, 0.25) is 0 Å². The van der Waals surface area contributed by atoms with Crippen LogP contribution in [0.3, 0.4) is 0 Å². The van der Waals surface area contributed by atoms with Crippen LogP contribution < -0.4 is 5.32 Å². The molecule has 2 atom stereocenters.